The maximum Gasteiger partial charge on any atom is 0.309 e. The van der Waals surface area contributed by atoms with E-state index in [1.165, 1.54) is 6.42 Å². The fraction of sp³-hybridized carbons (Fsp3) is 0.700. The second-order valence-corrected chi connectivity index (χ2v) is 3.73. The highest BCUT2D eigenvalue weighted by Crippen LogP contribution is 2.41. The summed E-state index contributed by atoms with van der Waals surface area (Å²) in [4.78, 5) is 11.3. The lowest BCUT2D eigenvalue weighted by Crippen LogP contribution is -2.26. The molecule has 0 aromatic heterocycles. The van der Waals surface area contributed by atoms with Crippen LogP contribution in [0.15, 0.2) is 12.7 Å². The lowest BCUT2D eigenvalue weighted by atomic mass is 9.96. The van der Waals surface area contributed by atoms with E-state index in [1.54, 1.807) is 0 Å². The number of ether oxygens (including phenoxy) is 1. The molecular weight excluding hydrogens is 152 g/mol. The molecule has 2 saturated carbocycles. The second-order valence-electron chi connectivity index (χ2n) is 3.73. The number of esters is 1. The molecule has 0 heterocycles. The van der Waals surface area contributed by atoms with Crippen molar-refractivity contribution in [3.05, 3.63) is 12.7 Å². The average Bonchev–Trinajstić information content (AvgIpc) is 2.74. The van der Waals surface area contributed by atoms with Gasteiger partial charge in [-0.25, -0.2) is 0 Å². The highest BCUT2D eigenvalue weighted by Gasteiger charge is 2.43. The van der Waals surface area contributed by atoms with E-state index in [4.69, 9.17) is 4.74 Å². The van der Waals surface area contributed by atoms with Crippen molar-refractivity contribution in [3.63, 3.8) is 0 Å². The van der Waals surface area contributed by atoms with E-state index in [-0.39, 0.29) is 18.0 Å². The van der Waals surface area contributed by atoms with Gasteiger partial charge >= 0.3 is 5.97 Å². The highest BCUT2D eigenvalue weighted by atomic mass is 16.5. The molecule has 2 unspecified atom stereocenters. The van der Waals surface area contributed by atoms with Gasteiger partial charge in [0.25, 0.3) is 0 Å². The highest BCUT2D eigenvalue weighted by molar-refractivity contribution is 5.76. The largest absolute Gasteiger partial charge is 0.462 e. The molecule has 12 heavy (non-hydrogen) atoms. The van der Waals surface area contributed by atoms with Gasteiger partial charge in [0.1, 0.15) is 6.10 Å². The van der Waals surface area contributed by atoms with Crippen LogP contribution in [0.3, 0.4) is 0 Å². The summed E-state index contributed by atoms with van der Waals surface area (Å²) in [6.45, 7) is 3.66. The quantitative estimate of drug-likeness (QED) is 0.473. The SMILES string of the molecule is C=CC1CC1C(=O)OC1CCC1. The number of hydrogen-bond acceptors (Lipinski definition) is 2. The minimum absolute atomic E-state index is 0.00426. The van der Waals surface area contributed by atoms with Crippen LogP contribution in [0.2, 0.25) is 0 Å². The van der Waals surface area contributed by atoms with E-state index >= 15 is 0 Å². The molecule has 2 rings (SSSR count). The van der Waals surface area contributed by atoms with E-state index < -0.39 is 0 Å². The van der Waals surface area contributed by atoms with E-state index in [2.05, 4.69) is 6.58 Å². The van der Waals surface area contributed by atoms with Crippen LogP contribution in [-0.2, 0) is 9.53 Å². The van der Waals surface area contributed by atoms with Gasteiger partial charge in [-0.3, -0.25) is 4.79 Å². The molecule has 0 bridgehead atoms. The van der Waals surface area contributed by atoms with Crippen molar-refractivity contribution in [3.8, 4) is 0 Å². The predicted octanol–water partition coefficient (Wildman–Crippen LogP) is 1.90. The molecule has 0 aromatic rings. The van der Waals surface area contributed by atoms with Crippen molar-refractivity contribution in [1.29, 1.82) is 0 Å². The smallest absolute Gasteiger partial charge is 0.309 e. The topological polar surface area (TPSA) is 26.3 Å². The van der Waals surface area contributed by atoms with Gasteiger partial charge < -0.3 is 4.74 Å². The van der Waals surface area contributed by atoms with Crippen molar-refractivity contribution in [1.82, 2.24) is 0 Å². The van der Waals surface area contributed by atoms with Crippen LogP contribution in [0, 0.1) is 11.8 Å². The number of allylic oxidation sites excluding steroid dienone is 1. The Morgan fingerprint density at radius 3 is 2.67 bits per heavy atom. The monoisotopic (exact) mass is 166 g/mol. The van der Waals surface area contributed by atoms with Crippen LogP contribution in [-0.4, -0.2) is 12.1 Å². The van der Waals surface area contributed by atoms with Gasteiger partial charge in [0.15, 0.2) is 0 Å². The van der Waals surface area contributed by atoms with Crippen LogP contribution in [0.25, 0.3) is 0 Å². The number of hydrogen-bond donors (Lipinski definition) is 0. The second kappa shape index (κ2) is 2.92. The summed E-state index contributed by atoms with van der Waals surface area (Å²) >= 11 is 0. The third kappa shape index (κ3) is 1.38. The summed E-state index contributed by atoms with van der Waals surface area (Å²) in [5.74, 6) is 0.547. The Labute approximate surface area is 72.6 Å². The number of carbonyl (C=O) groups excluding carboxylic acids is 1. The summed E-state index contributed by atoms with van der Waals surface area (Å²) in [6.07, 6.45) is 6.40. The van der Waals surface area contributed by atoms with Gasteiger partial charge in [0.05, 0.1) is 5.92 Å². The summed E-state index contributed by atoms with van der Waals surface area (Å²) in [5, 5.41) is 0. The first kappa shape index (κ1) is 7.84. The van der Waals surface area contributed by atoms with Crippen LogP contribution < -0.4 is 0 Å². The summed E-state index contributed by atoms with van der Waals surface area (Å²) in [7, 11) is 0. The molecule has 0 aliphatic heterocycles. The van der Waals surface area contributed by atoms with Gasteiger partial charge in [0, 0.05) is 0 Å². The molecule has 2 heteroatoms. The van der Waals surface area contributed by atoms with Crippen molar-refractivity contribution < 1.29 is 9.53 Å². The lowest BCUT2D eigenvalue weighted by molar-refractivity contribution is -0.154. The van der Waals surface area contributed by atoms with E-state index in [0.29, 0.717) is 5.92 Å². The minimum atomic E-state index is 0.00426. The fourth-order valence-electron chi connectivity index (χ4n) is 1.49. The molecule has 2 fully saturated rings. The molecule has 2 aliphatic carbocycles. The number of rotatable bonds is 3. The van der Waals surface area contributed by atoms with Crippen molar-refractivity contribution in [2.45, 2.75) is 31.8 Å². The molecule has 0 spiro atoms. The van der Waals surface area contributed by atoms with Crippen molar-refractivity contribution in [2.75, 3.05) is 0 Å². The first-order valence-corrected chi connectivity index (χ1v) is 4.64. The first-order valence-electron chi connectivity index (χ1n) is 4.64. The molecule has 0 amide bonds. The average molecular weight is 166 g/mol. The first-order chi connectivity index (χ1) is 5.81. The van der Waals surface area contributed by atoms with Gasteiger partial charge in [0.2, 0.25) is 0 Å². The van der Waals surface area contributed by atoms with E-state index in [1.807, 2.05) is 6.08 Å². The van der Waals surface area contributed by atoms with Crippen LogP contribution in [0.1, 0.15) is 25.7 Å². The maximum absolute atomic E-state index is 11.3. The van der Waals surface area contributed by atoms with E-state index in [0.717, 1.165) is 19.3 Å². The normalized spacial score (nSPS) is 33.7. The third-order valence-corrected chi connectivity index (χ3v) is 2.78. The van der Waals surface area contributed by atoms with Crippen LogP contribution >= 0.6 is 0 Å². The van der Waals surface area contributed by atoms with Gasteiger partial charge in [-0.05, 0) is 31.6 Å². The van der Waals surface area contributed by atoms with Crippen LogP contribution in [0.5, 0.6) is 0 Å². The zero-order valence-corrected chi connectivity index (χ0v) is 7.16. The Bertz CT molecular complexity index is 206. The summed E-state index contributed by atoms with van der Waals surface area (Å²) in [6, 6.07) is 0. The zero-order valence-electron chi connectivity index (χ0n) is 7.16. The molecule has 0 aromatic carbocycles. The Balaban J connectivity index is 1.74. The van der Waals surface area contributed by atoms with Crippen molar-refractivity contribution >= 4 is 5.97 Å². The predicted molar refractivity (Wildman–Crippen MR) is 45.5 cm³/mol. The summed E-state index contributed by atoms with van der Waals surface area (Å²) < 4.78 is 5.26. The van der Waals surface area contributed by atoms with E-state index in [9.17, 15) is 4.79 Å². The standard InChI is InChI=1S/C10H14O2/c1-2-7-6-9(7)10(11)12-8-4-3-5-8/h2,7-9H,1,3-6H2. The molecule has 0 saturated heterocycles. The molecule has 2 aliphatic rings. The molecule has 2 atom stereocenters. The van der Waals surface area contributed by atoms with Gasteiger partial charge in [-0.1, -0.05) is 6.08 Å². The molecule has 0 radical (unpaired) electrons. The molecular formula is C10H14O2. The minimum Gasteiger partial charge on any atom is -0.462 e. The molecule has 2 nitrogen and oxygen atoms in total. The fourth-order valence-corrected chi connectivity index (χ4v) is 1.49. The Kier molecular flexibility index (Phi) is 1.91. The van der Waals surface area contributed by atoms with Crippen LogP contribution in [0.4, 0.5) is 0 Å². The Morgan fingerprint density at radius 2 is 2.25 bits per heavy atom. The lowest BCUT2D eigenvalue weighted by Gasteiger charge is -2.25. The van der Waals surface area contributed by atoms with Crippen molar-refractivity contribution in [2.24, 2.45) is 11.8 Å². The van der Waals surface area contributed by atoms with Gasteiger partial charge in [-0.2, -0.15) is 0 Å². The Morgan fingerprint density at radius 1 is 1.50 bits per heavy atom. The number of carbonyl (C=O) groups is 1. The zero-order chi connectivity index (χ0) is 8.55. The summed E-state index contributed by atoms with van der Waals surface area (Å²) in [5.41, 5.74) is 0. The Hall–Kier alpha value is -0.790. The molecule has 66 valence electrons. The maximum atomic E-state index is 11.3. The van der Waals surface area contributed by atoms with Gasteiger partial charge in [-0.15, -0.1) is 6.58 Å². The third-order valence-electron chi connectivity index (χ3n) is 2.78. The molecule has 0 N–H and O–H groups in total.